The van der Waals surface area contributed by atoms with Gasteiger partial charge in [0.15, 0.2) is 5.79 Å². The first-order chi connectivity index (χ1) is 8.82. The Labute approximate surface area is 114 Å². The van der Waals surface area contributed by atoms with Gasteiger partial charge in [-0.05, 0) is 34.1 Å². The largest absolute Gasteiger partial charge is 0.347 e. The summed E-state index contributed by atoms with van der Waals surface area (Å²) in [5.74, 6) is -0.695. The Balaban J connectivity index is 1.94. The second-order valence-electron chi connectivity index (χ2n) is 6.11. The molecule has 2 unspecified atom stereocenters. The molecule has 2 aliphatic heterocycles. The van der Waals surface area contributed by atoms with Crippen LogP contribution in [0.1, 0.15) is 47.0 Å². The predicted octanol–water partition coefficient (Wildman–Crippen LogP) is 1.49. The van der Waals surface area contributed by atoms with Gasteiger partial charge < -0.3 is 19.2 Å². The van der Waals surface area contributed by atoms with E-state index in [4.69, 9.17) is 9.47 Å². The number of aldehydes is 1. The number of carbonyl (C=O) groups excluding carboxylic acids is 2. The zero-order chi connectivity index (χ0) is 14.2. The normalized spacial score (nSPS) is 37.6. The van der Waals surface area contributed by atoms with Crippen LogP contribution in [0.4, 0.5) is 0 Å². The van der Waals surface area contributed by atoms with Crippen LogP contribution < -0.4 is 0 Å². The molecule has 0 aromatic heterocycles. The lowest BCUT2D eigenvalue weighted by atomic mass is 9.94. The Morgan fingerprint density at radius 3 is 2.42 bits per heavy atom. The predicted molar refractivity (Wildman–Crippen MR) is 69.5 cm³/mol. The highest BCUT2D eigenvalue weighted by molar-refractivity contribution is 5.78. The van der Waals surface area contributed by atoms with Crippen molar-refractivity contribution in [1.29, 1.82) is 0 Å². The summed E-state index contributed by atoms with van der Waals surface area (Å²) >= 11 is 0. The first kappa shape index (κ1) is 14.5. The fourth-order valence-electron chi connectivity index (χ4n) is 3.17. The van der Waals surface area contributed by atoms with E-state index in [2.05, 4.69) is 13.8 Å². The zero-order valence-electron chi connectivity index (χ0n) is 12.1. The molecule has 4 atom stereocenters. The van der Waals surface area contributed by atoms with E-state index < -0.39 is 11.9 Å². The molecule has 0 saturated carbocycles. The van der Waals surface area contributed by atoms with Crippen molar-refractivity contribution in [3.63, 3.8) is 0 Å². The number of nitrogens with zero attached hydrogens (tertiary/aromatic N) is 1. The minimum atomic E-state index is -0.805. The van der Waals surface area contributed by atoms with Crippen LogP contribution in [0.25, 0.3) is 0 Å². The van der Waals surface area contributed by atoms with Crippen molar-refractivity contribution in [3.05, 3.63) is 0 Å². The van der Waals surface area contributed by atoms with E-state index in [1.807, 2.05) is 4.90 Å². The van der Waals surface area contributed by atoms with E-state index in [0.717, 1.165) is 12.7 Å². The molecule has 0 bridgehead atoms. The van der Waals surface area contributed by atoms with Gasteiger partial charge in [0.25, 0.3) is 0 Å². The van der Waals surface area contributed by atoms with Gasteiger partial charge in [-0.25, -0.2) is 0 Å². The fraction of sp³-hybridized carbons (Fsp3) is 0.857. The van der Waals surface area contributed by atoms with Gasteiger partial charge in [0.2, 0.25) is 5.91 Å². The van der Waals surface area contributed by atoms with Crippen LogP contribution in [0.5, 0.6) is 0 Å². The quantitative estimate of drug-likeness (QED) is 0.728. The summed E-state index contributed by atoms with van der Waals surface area (Å²) in [5, 5.41) is 0. The van der Waals surface area contributed by atoms with Gasteiger partial charge in [-0.1, -0.05) is 0 Å². The van der Waals surface area contributed by atoms with Crippen molar-refractivity contribution in [1.82, 2.24) is 4.90 Å². The molecule has 108 valence electrons. The summed E-state index contributed by atoms with van der Waals surface area (Å²) in [7, 11) is 0. The Kier molecular flexibility index (Phi) is 3.97. The maximum atomic E-state index is 12.2. The van der Waals surface area contributed by atoms with Crippen LogP contribution in [0.2, 0.25) is 0 Å². The molecule has 1 amide bonds. The maximum absolute atomic E-state index is 12.2. The molecule has 2 aliphatic rings. The maximum Gasteiger partial charge on any atom is 0.225 e. The molecule has 5 nitrogen and oxygen atoms in total. The Bertz CT molecular complexity index is 360. The molecule has 5 heteroatoms. The lowest BCUT2D eigenvalue weighted by Crippen LogP contribution is -2.57. The van der Waals surface area contributed by atoms with Crippen molar-refractivity contribution in [3.8, 4) is 0 Å². The van der Waals surface area contributed by atoms with E-state index in [0.29, 0.717) is 24.9 Å². The van der Waals surface area contributed by atoms with Gasteiger partial charge in [0.05, 0.1) is 12.5 Å². The summed E-state index contributed by atoms with van der Waals surface area (Å²) in [6.45, 7) is 7.66. The van der Waals surface area contributed by atoms with Gasteiger partial charge in [-0.15, -0.1) is 0 Å². The summed E-state index contributed by atoms with van der Waals surface area (Å²) < 4.78 is 11.2. The number of hydrogen-bond acceptors (Lipinski definition) is 4. The van der Waals surface area contributed by atoms with E-state index in [9.17, 15) is 9.59 Å². The summed E-state index contributed by atoms with van der Waals surface area (Å²) in [6.07, 6.45) is 1.90. The van der Waals surface area contributed by atoms with Crippen LogP contribution in [-0.2, 0) is 19.1 Å². The second kappa shape index (κ2) is 5.21. The molecule has 0 aliphatic carbocycles. The first-order valence-electron chi connectivity index (χ1n) is 6.94. The van der Waals surface area contributed by atoms with Crippen LogP contribution in [0.3, 0.4) is 0 Å². The SMILES string of the molecule is CC1CC(C)N1C(=O)C[C@H]1C[C@@H](C=O)OC(C)(C)O1. The van der Waals surface area contributed by atoms with Crippen molar-refractivity contribution in [2.24, 2.45) is 0 Å². The number of rotatable bonds is 3. The third-order valence-corrected chi connectivity index (χ3v) is 3.85. The minimum Gasteiger partial charge on any atom is -0.347 e. The first-order valence-corrected chi connectivity index (χ1v) is 6.94. The molecular formula is C14H23NO4. The van der Waals surface area contributed by atoms with Crippen molar-refractivity contribution in [2.45, 2.75) is 77.0 Å². The molecular weight excluding hydrogens is 246 g/mol. The summed E-state index contributed by atoms with van der Waals surface area (Å²) in [6, 6.07) is 0.634. The third-order valence-electron chi connectivity index (χ3n) is 3.85. The van der Waals surface area contributed by atoms with Gasteiger partial charge >= 0.3 is 0 Å². The lowest BCUT2D eigenvalue weighted by molar-refractivity contribution is -0.291. The van der Waals surface area contributed by atoms with Gasteiger partial charge in [-0.2, -0.15) is 0 Å². The molecule has 0 radical (unpaired) electrons. The minimum absolute atomic E-state index is 0.110. The monoisotopic (exact) mass is 269 g/mol. The van der Waals surface area contributed by atoms with Crippen LogP contribution in [-0.4, -0.2) is 47.2 Å². The Morgan fingerprint density at radius 1 is 1.26 bits per heavy atom. The summed E-state index contributed by atoms with van der Waals surface area (Å²) in [5.41, 5.74) is 0. The van der Waals surface area contributed by atoms with Crippen molar-refractivity contribution >= 4 is 12.2 Å². The highest BCUT2D eigenvalue weighted by Crippen LogP contribution is 2.30. The van der Waals surface area contributed by atoms with E-state index >= 15 is 0 Å². The van der Waals surface area contributed by atoms with Gasteiger partial charge in [0, 0.05) is 18.5 Å². The third kappa shape index (κ3) is 3.15. The number of hydrogen-bond donors (Lipinski definition) is 0. The molecule has 2 fully saturated rings. The topological polar surface area (TPSA) is 55.8 Å². The zero-order valence-corrected chi connectivity index (χ0v) is 12.1. The lowest BCUT2D eigenvalue weighted by Gasteiger charge is -2.47. The van der Waals surface area contributed by atoms with Crippen LogP contribution in [0, 0.1) is 0 Å². The van der Waals surface area contributed by atoms with Gasteiger partial charge in [-0.3, -0.25) is 4.79 Å². The molecule has 2 heterocycles. The van der Waals surface area contributed by atoms with E-state index in [1.165, 1.54) is 0 Å². The molecule has 0 N–H and O–H groups in total. The smallest absolute Gasteiger partial charge is 0.225 e. The average Bonchev–Trinajstić information content (AvgIpc) is 2.25. The molecule has 0 spiro atoms. The Hall–Kier alpha value is -0.940. The molecule has 2 saturated heterocycles. The number of ether oxygens (including phenoxy) is 2. The standard InChI is InChI=1S/C14H23NO4/c1-9-5-10(2)15(9)13(17)7-11-6-12(8-16)19-14(3,4)18-11/h8-12H,5-7H2,1-4H3/t9?,10?,11-,12+/m1/s1. The number of amides is 1. The van der Waals surface area contributed by atoms with Gasteiger partial charge in [0.1, 0.15) is 12.4 Å². The second-order valence-corrected chi connectivity index (χ2v) is 6.11. The molecule has 0 aromatic rings. The van der Waals surface area contributed by atoms with Crippen molar-refractivity contribution in [2.75, 3.05) is 0 Å². The highest BCUT2D eigenvalue weighted by atomic mass is 16.7. The average molecular weight is 269 g/mol. The molecule has 2 rings (SSSR count). The number of carbonyl (C=O) groups is 2. The fourth-order valence-corrected chi connectivity index (χ4v) is 3.17. The molecule has 0 aromatic carbocycles. The number of likely N-dealkylation sites (tertiary alicyclic amines) is 1. The van der Waals surface area contributed by atoms with Crippen LogP contribution >= 0.6 is 0 Å². The summed E-state index contributed by atoms with van der Waals surface area (Å²) in [4.78, 5) is 25.1. The molecule has 19 heavy (non-hydrogen) atoms. The van der Waals surface area contributed by atoms with Crippen LogP contribution in [0.15, 0.2) is 0 Å². The van der Waals surface area contributed by atoms with E-state index in [-0.39, 0.29) is 12.0 Å². The highest BCUT2D eigenvalue weighted by Gasteiger charge is 2.40. The van der Waals surface area contributed by atoms with Crippen molar-refractivity contribution < 1.29 is 19.1 Å². The van der Waals surface area contributed by atoms with E-state index in [1.54, 1.807) is 13.8 Å². The Morgan fingerprint density at radius 2 is 1.89 bits per heavy atom.